The number of hydrogen-bond donors (Lipinski definition) is 2. The number of aliphatic carboxylic acids is 1. The molecule has 0 saturated carbocycles. The zero-order valence-electron chi connectivity index (χ0n) is 11.2. The van der Waals surface area contributed by atoms with Crippen LogP contribution in [0.15, 0.2) is 36.8 Å². The van der Waals surface area contributed by atoms with Gasteiger partial charge in [0.2, 0.25) is 0 Å². The molecular formula is C14H17N3O3. The van der Waals surface area contributed by atoms with Crippen LogP contribution in [0.5, 0.6) is 5.75 Å². The Balaban J connectivity index is 2.18. The maximum atomic E-state index is 10.8. The molecule has 6 heteroatoms. The Kier molecular flexibility index (Phi) is 4.37. The number of ether oxygens (including phenoxy) is 1. The number of aromatic nitrogens is 2. The molecule has 1 aromatic heterocycles. The summed E-state index contributed by atoms with van der Waals surface area (Å²) in [5.41, 5.74) is 7.34. The van der Waals surface area contributed by atoms with E-state index in [4.69, 9.17) is 15.6 Å². The first-order valence-corrected chi connectivity index (χ1v) is 6.21. The lowest BCUT2D eigenvalue weighted by Gasteiger charge is -2.12. The fourth-order valence-electron chi connectivity index (χ4n) is 1.99. The Morgan fingerprint density at radius 3 is 2.95 bits per heavy atom. The van der Waals surface area contributed by atoms with Gasteiger partial charge in [-0.15, -0.1) is 0 Å². The van der Waals surface area contributed by atoms with Gasteiger partial charge < -0.3 is 20.1 Å². The Bertz CT molecular complexity index is 595. The van der Waals surface area contributed by atoms with Crippen molar-refractivity contribution in [3.8, 4) is 5.75 Å². The first kappa shape index (κ1) is 14.1. The monoisotopic (exact) mass is 275 g/mol. The molecule has 2 rings (SSSR count). The van der Waals surface area contributed by atoms with E-state index in [1.54, 1.807) is 19.6 Å². The van der Waals surface area contributed by atoms with E-state index in [1.165, 1.54) is 0 Å². The standard InChI is InChI=1S/C14H17N3O3/c1-20-13-5-3-2-4-10(13)8-17-9-16-7-11(17)6-12(15)14(18)19/h2-5,7,9,12H,6,8,15H2,1H3,(H,18,19)/t12-/m0/s1. The van der Waals surface area contributed by atoms with Crippen molar-refractivity contribution >= 4 is 5.97 Å². The lowest BCUT2D eigenvalue weighted by Crippen LogP contribution is -2.33. The summed E-state index contributed by atoms with van der Waals surface area (Å²) in [5, 5.41) is 8.87. The van der Waals surface area contributed by atoms with Crippen molar-refractivity contribution in [2.45, 2.75) is 19.0 Å². The molecule has 0 bridgehead atoms. The van der Waals surface area contributed by atoms with Crippen LogP contribution in [0.25, 0.3) is 0 Å². The van der Waals surface area contributed by atoms with E-state index in [0.717, 1.165) is 17.0 Å². The minimum Gasteiger partial charge on any atom is -0.496 e. The van der Waals surface area contributed by atoms with E-state index in [1.807, 2.05) is 28.8 Å². The van der Waals surface area contributed by atoms with Crippen LogP contribution < -0.4 is 10.5 Å². The Morgan fingerprint density at radius 1 is 1.50 bits per heavy atom. The van der Waals surface area contributed by atoms with Crippen LogP contribution in [0.1, 0.15) is 11.3 Å². The zero-order chi connectivity index (χ0) is 14.5. The summed E-state index contributed by atoms with van der Waals surface area (Å²) in [4.78, 5) is 14.9. The van der Waals surface area contributed by atoms with Gasteiger partial charge in [-0.25, -0.2) is 4.98 Å². The number of carboxylic acid groups (broad SMARTS) is 1. The third-order valence-corrected chi connectivity index (χ3v) is 3.08. The highest BCUT2D eigenvalue weighted by Gasteiger charge is 2.15. The summed E-state index contributed by atoms with van der Waals surface area (Å²) in [5.74, 6) is -0.232. The number of para-hydroxylation sites is 1. The molecule has 106 valence electrons. The topological polar surface area (TPSA) is 90.4 Å². The van der Waals surface area contributed by atoms with Gasteiger partial charge in [0.25, 0.3) is 0 Å². The number of methoxy groups -OCH3 is 1. The van der Waals surface area contributed by atoms with E-state index in [0.29, 0.717) is 6.54 Å². The summed E-state index contributed by atoms with van der Waals surface area (Å²) in [6.45, 7) is 0.561. The van der Waals surface area contributed by atoms with Gasteiger partial charge in [-0.1, -0.05) is 18.2 Å². The van der Waals surface area contributed by atoms with Gasteiger partial charge in [-0.3, -0.25) is 4.79 Å². The molecule has 1 aromatic carbocycles. The summed E-state index contributed by atoms with van der Waals surface area (Å²) in [7, 11) is 1.62. The molecule has 1 heterocycles. The van der Waals surface area contributed by atoms with Crippen LogP contribution in [0.3, 0.4) is 0 Å². The van der Waals surface area contributed by atoms with Gasteiger partial charge in [-0.05, 0) is 6.07 Å². The fraction of sp³-hybridized carbons (Fsp3) is 0.286. The third kappa shape index (κ3) is 3.16. The number of imidazole rings is 1. The van der Waals surface area contributed by atoms with Gasteiger partial charge >= 0.3 is 5.97 Å². The lowest BCUT2D eigenvalue weighted by atomic mass is 10.1. The van der Waals surface area contributed by atoms with Gasteiger partial charge in [0, 0.05) is 23.9 Å². The van der Waals surface area contributed by atoms with Crippen molar-refractivity contribution in [1.82, 2.24) is 9.55 Å². The molecule has 0 fully saturated rings. The molecule has 1 atom stereocenters. The quantitative estimate of drug-likeness (QED) is 0.817. The molecule has 0 aliphatic carbocycles. The number of nitrogens with zero attached hydrogens (tertiary/aromatic N) is 2. The first-order chi connectivity index (χ1) is 9.61. The van der Waals surface area contributed by atoms with Gasteiger partial charge in [0.1, 0.15) is 11.8 Å². The molecule has 0 unspecified atom stereocenters. The number of carboxylic acids is 1. The van der Waals surface area contributed by atoms with Crippen LogP contribution in [0.2, 0.25) is 0 Å². The number of rotatable bonds is 6. The molecule has 20 heavy (non-hydrogen) atoms. The van der Waals surface area contributed by atoms with Gasteiger partial charge in [0.05, 0.1) is 20.0 Å². The van der Waals surface area contributed by atoms with Crippen molar-refractivity contribution in [1.29, 1.82) is 0 Å². The van der Waals surface area contributed by atoms with Gasteiger partial charge in [-0.2, -0.15) is 0 Å². The Hall–Kier alpha value is -2.34. The first-order valence-electron chi connectivity index (χ1n) is 6.21. The molecule has 3 N–H and O–H groups in total. The molecule has 0 aliphatic rings. The minimum absolute atomic E-state index is 0.241. The Morgan fingerprint density at radius 2 is 2.25 bits per heavy atom. The predicted molar refractivity (Wildman–Crippen MR) is 73.6 cm³/mol. The molecule has 0 spiro atoms. The number of nitrogens with two attached hydrogens (primary N) is 1. The second kappa shape index (κ2) is 6.21. The molecule has 2 aromatic rings. The summed E-state index contributed by atoms with van der Waals surface area (Å²) in [6.07, 6.45) is 3.54. The average molecular weight is 275 g/mol. The largest absolute Gasteiger partial charge is 0.496 e. The Labute approximate surface area is 116 Å². The molecular weight excluding hydrogens is 258 g/mol. The zero-order valence-corrected chi connectivity index (χ0v) is 11.2. The van der Waals surface area contributed by atoms with Crippen molar-refractivity contribution in [3.63, 3.8) is 0 Å². The van der Waals surface area contributed by atoms with Crippen molar-refractivity contribution in [2.75, 3.05) is 7.11 Å². The van der Waals surface area contributed by atoms with Crippen molar-refractivity contribution in [3.05, 3.63) is 48.0 Å². The minimum atomic E-state index is -1.02. The highest BCUT2D eigenvalue weighted by molar-refractivity contribution is 5.73. The molecule has 0 aliphatic heterocycles. The maximum absolute atomic E-state index is 10.8. The number of carbonyl (C=O) groups is 1. The highest BCUT2D eigenvalue weighted by atomic mass is 16.5. The van der Waals surface area contributed by atoms with E-state index in [-0.39, 0.29) is 6.42 Å². The maximum Gasteiger partial charge on any atom is 0.320 e. The second-order valence-electron chi connectivity index (χ2n) is 4.47. The second-order valence-corrected chi connectivity index (χ2v) is 4.47. The van der Waals surface area contributed by atoms with E-state index >= 15 is 0 Å². The number of benzene rings is 1. The van der Waals surface area contributed by atoms with Crippen LogP contribution in [0.4, 0.5) is 0 Å². The summed E-state index contributed by atoms with van der Waals surface area (Å²) in [6, 6.07) is 6.74. The SMILES string of the molecule is COc1ccccc1Cn1cncc1C[C@H](N)C(=O)O. The average Bonchev–Trinajstić information content (AvgIpc) is 2.86. The van der Waals surface area contributed by atoms with Crippen molar-refractivity contribution in [2.24, 2.45) is 5.73 Å². The van der Waals surface area contributed by atoms with E-state index in [9.17, 15) is 4.79 Å². The smallest absolute Gasteiger partial charge is 0.320 e. The van der Waals surface area contributed by atoms with Crippen LogP contribution in [0, 0.1) is 0 Å². The van der Waals surface area contributed by atoms with E-state index < -0.39 is 12.0 Å². The third-order valence-electron chi connectivity index (χ3n) is 3.08. The molecule has 0 amide bonds. The van der Waals surface area contributed by atoms with Crippen LogP contribution in [-0.2, 0) is 17.8 Å². The molecule has 0 radical (unpaired) electrons. The molecule has 6 nitrogen and oxygen atoms in total. The normalized spacial score (nSPS) is 12.1. The van der Waals surface area contributed by atoms with Crippen molar-refractivity contribution < 1.29 is 14.6 Å². The predicted octanol–water partition coefficient (Wildman–Crippen LogP) is 0.894. The molecule has 0 saturated heterocycles. The summed E-state index contributed by atoms with van der Waals surface area (Å²) < 4.78 is 7.18. The summed E-state index contributed by atoms with van der Waals surface area (Å²) >= 11 is 0. The lowest BCUT2D eigenvalue weighted by molar-refractivity contribution is -0.138. The van der Waals surface area contributed by atoms with Crippen LogP contribution in [-0.4, -0.2) is 33.8 Å². The fourth-order valence-corrected chi connectivity index (χ4v) is 1.99. The van der Waals surface area contributed by atoms with Crippen LogP contribution >= 0.6 is 0 Å². The number of hydrogen-bond acceptors (Lipinski definition) is 4. The van der Waals surface area contributed by atoms with E-state index in [2.05, 4.69) is 4.98 Å². The van der Waals surface area contributed by atoms with Gasteiger partial charge in [0.15, 0.2) is 0 Å². The highest BCUT2D eigenvalue weighted by Crippen LogP contribution is 2.19.